The molecule has 0 radical (unpaired) electrons. The Labute approximate surface area is 190 Å². The van der Waals surface area contributed by atoms with Crippen LogP contribution in [-0.2, 0) is 6.18 Å². The molecule has 3 aromatic carbocycles. The molecule has 5 nitrogen and oxygen atoms in total. The average molecular weight is 467 g/mol. The molecule has 0 aliphatic carbocycles. The van der Waals surface area contributed by atoms with Crippen molar-refractivity contribution in [3.8, 4) is 11.3 Å². The molecule has 0 bridgehead atoms. The summed E-state index contributed by atoms with van der Waals surface area (Å²) in [6.07, 6.45) is -4.75. The van der Waals surface area contributed by atoms with E-state index >= 15 is 0 Å². The molecule has 5 aromatic rings. The van der Waals surface area contributed by atoms with E-state index in [1.165, 1.54) is 0 Å². The van der Waals surface area contributed by atoms with E-state index in [9.17, 15) is 18.0 Å². The van der Waals surface area contributed by atoms with Crippen molar-refractivity contribution >= 4 is 39.6 Å². The Kier molecular flexibility index (Phi) is 5.02. The van der Waals surface area contributed by atoms with Gasteiger partial charge < -0.3 is 5.32 Å². The normalized spacial score (nSPS) is 11.8. The van der Waals surface area contributed by atoms with E-state index in [2.05, 4.69) is 15.4 Å². The van der Waals surface area contributed by atoms with Crippen LogP contribution in [0.5, 0.6) is 0 Å². The minimum absolute atomic E-state index is 0.0678. The van der Waals surface area contributed by atoms with E-state index in [1.54, 1.807) is 42.5 Å². The van der Waals surface area contributed by atoms with Crippen molar-refractivity contribution in [1.82, 2.24) is 14.6 Å². The highest BCUT2D eigenvalue weighted by atomic mass is 35.5. The summed E-state index contributed by atoms with van der Waals surface area (Å²) in [5.41, 5.74) is -0.665. The molecule has 164 valence electrons. The second-order valence-electron chi connectivity index (χ2n) is 7.27. The first-order valence-corrected chi connectivity index (χ1v) is 10.2. The highest BCUT2D eigenvalue weighted by Crippen LogP contribution is 2.35. The van der Waals surface area contributed by atoms with Gasteiger partial charge in [-0.15, -0.1) is 0 Å². The van der Waals surface area contributed by atoms with Crippen molar-refractivity contribution < 1.29 is 18.0 Å². The number of carbonyl (C=O) groups is 1. The summed E-state index contributed by atoms with van der Waals surface area (Å²) >= 11 is 6.34. The lowest BCUT2D eigenvalue weighted by Gasteiger charge is -2.11. The summed E-state index contributed by atoms with van der Waals surface area (Å²) in [6, 6.07) is 22.0. The maximum atomic E-state index is 13.8. The molecular formula is C24H14ClF3N4O. The number of hydrogen-bond donors (Lipinski definition) is 1. The lowest BCUT2D eigenvalue weighted by atomic mass is 10.1. The molecule has 5 rings (SSSR count). The fraction of sp³-hybridized carbons (Fsp3) is 0.0417. The van der Waals surface area contributed by atoms with Gasteiger partial charge in [-0.2, -0.15) is 18.3 Å². The number of halogens is 4. The van der Waals surface area contributed by atoms with Gasteiger partial charge in [0.15, 0.2) is 17.0 Å². The van der Waals surface area contributed by atoms with Gasteiger partial charge in [-0.05, 0) is 17.5 Å². The number of hydrogen-bond acceptors (Lipinski definition) is 3. The van der Waals surface area contributed by atoms with Crippen molar-refractivity contribution in [3.05, 3.63) is 95.3 Å². The largest absolute Gasteiger partial charge is 0.433 e. The van der Waals surface area contributed by atoms with Crippen LogP contribution in [0.3, 0.4) is 0 Å². The zero-order chi connectivity index (χ0) is 23.2. The number of amides is 1. The van der Waals surface area contributed by atoms with E-state index < -0.39 is 17.8 Å². The summed E-state index contributed by atoms with van der Waals surface area (Å²) in [5, 5.41) is 7.98. The highest BCUT2D eigenvalue weighted by Gasteiger charge is 2.36. The standard InChI is InChI=1S/C24H14ClF3N4O/c25-20-21(23(33)30-17-12-6-10-14-7-4-5-11-16(14)17)31-32-19(24(26,27)28)13-18(29-22(20)32)15-8-2-1-3-9-15/h1-13H,(H,30,33). The van der Waals surface area contributed by atoms with Crippen LogP contribution in [0, 0.1) is 0 Å². The van der Waals surface area contributed by atoms with Crippen LogP contribution in [0.15, 0.2) is 78.9 Å². The van der Waals surface area contributed by atoms with Crippen molar-refractivity contribution in [2.45, 2.75) is 6.18 Å². The second-order valence-corrected chi connectivity index (χ2v) is 7.65. The number of carbonyl (C=O) groups excluding carboxylic acids is 1. The fourth-order valence-electron chi connectivity index (χ4n) is 3.61. The van der Waals surface area contributed by atoms with Crippen molar-refractivity contribution in [1.29, 1.82) is 0 Å². The summed E-state index contributed by atoms with van der Waals surface area (Å²) in [6.45, 7) is 0. The zero-order valence-electron chi connectivity index (χ0n) is 16.8. The maximum absolute atomic E-state index is 13.8. The van der Waals surface area contributed by atoms with Crippen LogP contribution in [0.4, 0.5) is 18.9 Å². The molecule has 1 amide bonds. The molecule has 0 saturated carbocycles. The van der Waals surface area contributed by atoms with Gasteiger partial charge in [-0.1, -0.05) is 78.3 Å². The number of nitrogens with zero attached hydrogens (tertiary/aromatic N) is 3. The van der Waals surface area contributed by atoms with Gasteiger partial charge in [0.2, 0.25) is 0 Å². The van der Waals surface area contributed by atoms with Crippen LogP contribution < -0.4 is 5.32 Å². The van der Waals surface area contributed by atoms with E-state index in [0.717, 1.165) is 16.8 Å². The van der Waals surface area contributed by atoms with Crippen LogP contribution in [0.2, 0.25) is 5.02 Å². The Balaban J connectivity index is 1.63. The first-order chi connectivity index (χ1) is 15.8. The van der Waals surface area contributed by atoms with Crippen LogP contribution in [0.1, 0.15) is 16.2 Å². The molecule has 0 aliphatic rings. The topological polar surface area (TPSA) is 59.3 Å². The average Bonchev–Trinajstić information content (AvgIpc) is 3.15. The summed E-state index contributed by atoms with van der Waals surface area (Å²) < 4.78 is 42.1. The van der Waals surface area contributed by atoms with Gasteiger partial charge in [-0.25, -0.2) is 9.50 Å². The fourth-order valence-corrected chi connectivity index (χ4v) is 3.86. The van der Waals surface area contributed by atoms with E-state index in [0.29, 0.717) is 15.8 Å². The summed E-state index contributed by atoms with van der Waals surface area (Å²) in [5.74, 6) is -0.740. The van der Waals surface area contributed by atoms with Gasteiger partial charge in [0.05, 0.1) is 5.69 Å². The Morgan fingerprint density at radius 1 is 0.939 bits per heavy atom. The van der Waals surface area contributed by atoms with Gasteiger partial charge in [-0.3, -0.25) is 4.79 Å². The minimum atomic E-state index is -4.75. The predicted molar refractivity (Wildman–Crippen MR) is 120 cm³/mol. The third-order valence-corrected chi connectivity index (χ3v) is 5.49. The van der Waals surface area contributed by atoms with Crippen molar-refractivity contribution in [3.63, 3.8) is 0 Å². The second kappa shape index (κ2) is 7.90. The molecule has 0 spiro atoms. The van der Waals surface area contributed by atoms with Crippen LogP contribution >= 0.6 is 11.6 Å². The van der Waals surface area contributed by atoms with E-state index in [1.807, 2.05) is 30.3 Å². The number of rotatable bonds is 3. The monoisotopic (exact) mass is 466 g/mol. The number of fused-ring (bicyclic) bond motifs is 2. The number of nitrogens with one attached hydrogen (secondary N) is 1. The predicted octanol–water partition coefficient (Wildman–Crippen LogP) is 6.47. The molecule has 0 fully saturated rings. The third kappa shape index (κ3) is 3.78. The van der Waals surface area contributed by atoms with Crippen molar-refractivity contribution in [2.75, 3.05) is 5.32 Å². The van der Waals surface area contributed by atoms with Crippen molar-refractivity contribution in [2.24, 2.45) is 0 Å². The van der Waals surface area contributed by atoms with Gasteiger partial charge in [0, 0.05) is 16.6 Å². The van der Waals surface area contributed by atoms with Gasteiger partial charge >= 0.3 is 6.18 Å². The van der Waals surface area contributed by atoms with E-state index in [-0.39, 0.29) is 22.1 Å². The maximum Gasteiger partial charge on any atom is 0.433 e. The Hall–Kier alpha value is -3.91. The molecule has 33 heavy (non-hydrogen) atoms. The van der Waals surface area contributed by atoms with Gasteiger partial charge in [0.1, 0.15) is 5.02 Å². The summed E-state index contributed by atoms with van der Waals surface area (Å²) in [4.78, 5) is 17.3. The lowest BCUT2D eigenvalue weighted by Crippen LogP contribution is -2.16. The number of aromatic nitrogens is 3. The van der Waals surface area contributed by atoms with Gasteiger partial charge in [0.25, 0.3) is 5.91 Å². The highest BCUT2D eigenvalue weighted by molar-refractivity contribution is 6.37. The molecule has 2 heterocycles. The molecule has 1 N–H and O–H groups in total. The Bertz CT molecular complexity index is 1510. The third-order valence-electron chi connectivity index (χ3n) is 5.15. The Morgan fingerprint density at radius 2 is 1.64 bits per heavy atom. The quantitative estimate of drug-likeness (QED) is 0.331. The molecular weight excluding hydrogens is 453 g/mol. The SMILES string of the molecule is O=C(Nc1cccc2ccccc12)c1nn2c(C(F)(F)F)cc(-c3ccccc3)nc2c1Cl. The minimum Gasteiger partial charge on any atom is -0.320 e. The number of benzene rings is 3. The molecule has 9 heteroatoms. The zero-order valence-corrected chi connectivity index (χ0v) is 17.5. The first kappa shape index (κ1) is 21.0. The molecule has 0 atom stereocenters. The molecule has 2 aromatic heterocycles. The van der Waals surface area contributed by atoms with Crippen LogP contribution in [-0.4, -0.2) is 20.5 Å². The first-order valence-electron chi connectivity index (χ1n) is 9.84. The number of alkyl halides is 3. The summed E-state index contributed by atoms with van der Waals surface area (Å²) in [7, 11) is 0. The Morgan fingerprint density at radius 3 is 2.39 bits per heavy atom. The molecule has 0 saturated heterocycles. The molecule has 0 aliphatic heterocycles. The molecule has 0 unspecified atom stereocenters. The smallest absolute Gasteiger partial charge is 0.320 e. The van der Waals surface area contributed by atoms with E-state index in [4.69, 9.17) is 11.6 Å². The lowest BCUT2D eigenvalue weighted by molar-refractivity contribution is -0.142. The van der Waals surface area contributed by atoms with Crippen LogP contribution in [0.25, 0.3) is 27.7 Å². The number of anilines is 1.